The minimum atomic E-state index is -1.19. The molecule has 4 rings (SSSR count). The van der Waals surface area contributed by atoms with Crippen LogP contribution in [0.2, 0.25) is 0 Å². The molecular formula is C24H31N5O2S. The Morgan fingerprint density at radius 2 is 1.97 bits per heavy atom. The van der Waals surface area contributed by atoms with E-state index in [1.165, 1.54) is 11.1 Å². The summed E-state index contributed by atoms with van der Waals surface area (Å²) in [6.45, 7) is 9.46. The quantitative estimate of drug-likeness (QED) is 0.707. The van der Waals surface area contributed by atoms with E-state index in [9.17, 15) is 9.81 Å². The average Bonchev–Trinajstić information content (AvgIpc) is 3.04. The van der Waals surface area contributed by atoms with Gasteiger partial charge in [0.25, 0.3) is 0 Å². The molecule has 1 aliphatic carbocycles. The van der Waals surface area contributed by atoms with E-state index in [1.807, 2.05) is 33.8 Å². The van der Waals surface area contributed by atoms with Gasteiger partial charge < -0.3 is 14.2 Å². The maximum absolute atomic E-state index is 13.1. The maximum Gasteiger partial charge on any atom is 0.226 e. The van der Waals surface area contributed by atoms with Crippen LogP contribution in [0.4, 0.5) is 5.95 Å². The van der Waals surface area contributed by atoms with Gasteiger partial charge in [-0.05, 0) is 76.3 Å². The van der Waals surface area contributed by atoms with Crippen LogP contribution in [-0.4, -0.2) is 39.5 Å². The zero-order valence-corrected chi connectivity index (χ0v) is 20.3. The van der Waals surface area contributed by atoms with Gasteiger partial charge in [-0.1, -0.05) is 6.07 Å². The number of nitrogens with one attached hydrogen (secondary N) is 1. The third-order valence-electron chi connectivity index (χ3n) is 6.60. The summed E-state index contributed by atoms with van der Waals surface area (Å²) in [6, 6.07) is 10.1. The number of nitrogens with zero attached hydrogens (tertiary/aromatic N) is 4. The third-order valence-corrected chi connectivity index (χ3v) is 8.16. The lowest BCUT2D eigenvalue weighted by atomic mass is 9.73. The van der Waals surface area contributed by atoms with E-state index in [-0.39, 0.29) is 16.2 Å². The highest BCUT2D eigenvalue weighted by Crippen LogP contribution is 2.53. The van der Waals surface area contributed by atoms with E-state index in [4.69, 9.17) is 4.74 Å². The molecule has 2 heterocycles. The summed E-state index contributed by atoms with van der Waals surface area (Å²) in [7, 11) is 1.68. The van der Waals surface area contributed by atoms with Gasteiger partial charge in [-0.25, -0.2) is 9.97 Å². The molecule has 1 aromatic carbocycles. The number of aryl methyl sites for hydroxylation is 1. The van der Waals surface area contributed by atoms with E-state index >= 15 is 0 Å². The van der Waals surface area contributed by atoms with E-state index in [1.54, 1.807) is 13.2 Å². The summed E-state index contributed by atoms with van der Waals surface area (Å²) in [4.78, 5) is 11.2. The molecule has 170 valence electrons. The zero-order chi connectivity index (χ0) is 23.1. The monoisotopic (exact) mass is 453 g/mol. The van der Waals surface area contributed by atoms with Crippen molar-refractivity contribution in [2.75, 3.05) is 25.1 Å². The Morgan fingerprint density at radius 1 is 1.25 bits per heavy atom. The van der Waals surface area contributed by atoms with Crippen molar-refractivity contribution in [3.8, 4) is 11.8 Å². The lowest BCUT2D eigenvalue weighted by Gasteiger charge is -2.44. The van der Waals surface area contributed by atoms with Gasteiger partial charge >= 0.3 is 0 Å². The van der Waals surface area contributed by atoms with Crippen LogP contribution in [0.15, 0.2) is 24.3 Å². The zero-order valence-electron chi connectivity index (χ0n) is 19.4. The van der Waals surface area contributed by atoms with E-state index in [2.05, 4.69) is 37.8 Å². The van der Waals surface area contributed by atoms with E-state index in [0.29, 0.717) is 11.6 Å². The number of aromatic nitrogens is 2. The summed E-state index contributed by atoms with van der Waals surface area (Å²) in [5.74, 6) is 1.44. The number of nitriles is 1. The number of hydrogen-bond acceptors (Lipinski definition) is 7. The highest BCUT2D eigenvalue weighted by atomic mass is 32.2. The molecule has 7 nitrogen and oxygen atoms in total. The van der Waals surface area contributed by atoms with Crippen LogP contribution >= 0.6 is 0 Å². The Morgan fingerprint density at radius 3 is 2.59 bits per heavy atom. The first-order valence-electron chi connectivity index (χ1n) is 11.0. The smallest absolute Gasteiger partial charge is 0.226 e. The third kappa shape index (κ3) is 4.29. The number of rotatable bonds is 4. The van der Waals surface area contributed by atoms with E-state index < -0.39 is 11.4 Å². The minimum absolute atomic E-state index is 0.0112. The predicted octanol–water partition coefficient (Wildman–Crippen LogP) is 3.60. The molecule has 1 fully saturated rings. The molecule has 0 saturated carbocycles. The Balaban J connectivity index is 1.62. The molecule has 1 saturated heterocycles. The second-order valence-electron chi connectivity index (χ2n) is 9.83. The van der Waals surface area contributed by atoms with Crippen LogP contribution in [0.5, 0.6) is 5.75 Å². The van der Waals surface area contributed by atoms with Crippen molar-refractivity contribution >= 4 is 17.3 Å². The topological polar surface area (TPSA) is 97.1 Å². The van der Waals surface area contributed by atoms with Gasteiger partial charge in [-0.15, -0.1) is 4.72 Å². The number of fused-ring (bicyclic) bond motifs is 1. The number of ether oxygens (including phenoxy) is 1. The standard InChI is InChI=1S/C24H31N5O2S/c1-16-12-18(15-25)27-22(26-16)29-10-8-24(9-11-29)14-17-6-7-19(31-5)13-20(17)21(24)28-32(30)23(2,3)4/h6-7,12-13,21,28H,8-11,14H2,1-5H3/t21-,32?/m1/s1. The lowest BCUT2D eigenvalue weighted by Crippen LogP contribution is -2.50. The summed E-state index contributed by atoms with van der Waals surface area (Å²) in [5, 5.41) is 9.27. The van der Waals surface area contributed by atoms with Crippen molar-refractivity contribution in [2.24, 2.45) is 5.41 Å². The Bertz CT molecular complexity index is 1040. The second-order valence-corrected chi connectivity index (χ2v) is 11.8. The van der Waals surface area contributed by atoms with Crippen LogP contribution in [0.1, 0.15) is 62.2 Å². The van der Waals surface area contributed by atoms with Crippen molar-refractivity contribution in [1.29, 1.82) is 5.26 Å². The molecule has 0 amide bonds. The SMILES string of the molecule is COc1ccc2c(c1)[C@@H](N[S+]([O-])C(C)(C)C)C1(CCN(c3nc(C)cc(C#N)n3)CC1)C2. The highest BCUT2D eigenvalue weighted by Gasteiger charge is 2.50. The van der Waals surface area contributed by atoms with Gasteiger partial charge in [0.1, 0.15) is 22.3 Å². The van der Waals surface area contributed by atoms with Crippen molar-refractivity contribution in [2.45, 2.75) is 57.7 Å². The second kappa shape index (κ2) is 8.54. The molecule has 1 aromatic heterocycles. The van der Waals surface area contributed by atoms with Crippen molar-refractivity contribution in [3.05, 3.63) is 46.8 Å². The predicted molar refractivity (Wildman–Crippen MR) is 126 cm³/mol. The molecule has 2 aromatic rings. The van der Waals surface area contributed by atoms with Gasteiger partial charge in [0.2, 0.25) is 5.95 Å². The van der Waals surface area contributed by atoms with Crippen molar-refractivity contribution in [3.63, 3.8) is 0 Å². The molecule has 0 radical (unpaired) electrons. The van der Waals surface area contributed by atoms with Crippen molar-refractivity contribution in [1.82, 2.24) is 14.7 Å². The maximum atomic E-state index is 13.1. The Labute approximate surface area is 193 Å². The first kappa shape index (κ1) is 22.8. The fourth-order valence-electron chi connectivity index (χ4n) is 4.78. The summed E-state index contributed by atoms with van der Waals surface area (Å²) in [6.07, 6.45) is 2.78. The van der Waals surface area contributed by atoms with Crippen molar-refractivity contribution < 1.29 is 9.29 Å². The number of methoxy groups -OCH3 is 1. The van der Waals surface area contributed by atoms with E-state index in [0.717, 1.165) is 43.8 Å². The molecule has 0 bridgehead atoms. The lowest BCUT2D eigenvalue weighted by molar-refractivity contribution is 0.175. The molecule has 1 aliphatic heterocycles. The molecular weight excluding hydrogens is 422 g/mol. The van der Waals surface area contributed by atoms with Gasteiger partial charge in [0, 0.05) is 35.6 Å². The number of hydrogen-bond donors (Lipinski definition) is 1. The molecule has 2 atom stereocenters. The summed E-state index contributed by atoms with van der Waals surface area (Å²) in [5.41, 5.74) is 3.64. The number of benzene rings is 1. The van der Waals surface area contributed by atoms with Crippen LogP contribution in [0, 0.1) is 23.7 Å². The first-order valence-corrected chi connectivity index (χ1v) is 12.2. The molecule has 32 heavy (non-hydrogen) atoms. The van der Waals surface area contributed by atoms with Crippen LogP contribution < -0.4 is 14.4 Å². The summed E-state index contributed by atoms with van der Waals surface area (Å²) < 4.78 is 21.7. The summed E-state index contributed by atoms with van der Waals surface area (Å²) >= 11 is -1.19. The first-order chi connectivity index (χ1) is 15.1. The van der Waals surface area contributed by atoms with Gasteiger partial charge in [-0.3, -0.25) is 0 Å². The Hall–Kier alpha value is -2.34. The Kier molecular flexibility index (Phi) is 6.10. The average molecular weight is 454 g/mol. The van der Waals surface area contributed by atoms with Crippen LogP contribution in [0.3, 0.4) is 0 Å². The van der Waals surface area contributed by atoms with Gasteiger partial charge in [0.05, 0.1) is 13.2 Å². The van der Waals surface area contributed by atoms with Gasteiger partial charge in [-0.2, -0.15) is 5.26 Å². The normalized spacial score (nSPS) is 20.7. The van der Waals surface area contributed by atoms with Gasteiger partial charge in [0.15, 0.2) is 0 Å². The highest BCUT2D eigenvalue weighted by molar-refractivity contribution is 7.90. The minimum Gasteiger partial charge on any atom is -0.598 e. The molecule has 1 N–H and O–H groups in total. The molecule has 2 aliphatic rings. The molecule has 8 heteroatoms. The molecule has 1 spiro atoms. The van der Waals surface area contributed by atoms with Crippen LogP contribution in [-0.2, 0) is 17.8 Å². The fourth-order valence-corrected chi connectivity index (χ4v) is 5.73. The largest absolute Gasteiger partial charge is 0.598 e. The number of anilines is 1. The molecule has 1 unspecified atom stereocenters. The fraction of sp³-hybridized carbons (Fsp3) is 0.542. The number of piperidine rings is 1. The van der Waals surface area contributed by atoms with Crippen LogP contribution in [0.25, 0.3) is 0 Å².